The van der Waals surface area contributed by atoms with Gasteiger partial charge in [-0.25, -0.2) is 0 Å². The molecular weight excluding hydrogens is 744 g/mol. The number of unbranched alkanes of at least 4 members (excludes halogenated alkanes) is 1. The summed E-state index contributed by atoms with van der Waals surface area (Å²) in [6.07, 6.45) is 2.55. The Morgan fingerprint density at radius 2 is 1.18 bits per heavy atom. The third-order valence-electron chi connectivity index (χ3n) is 8.99. The van der Waals surface area contributed by atoms with Crippen molar-refractivity contribution in [2.75, 3.05) is 19.8 Å². The lowest BCUT2D eigenvalue weighted by Gasteiger charge is -2.42. The number of hydrogen-bond donors (Lipinski definition) is 0. The molecule has 0 N–H and O–H groups in total. The van der Waals surface area contributed by atoms with Crippen LogP contribution in [0.2, 0.25) is 0 Å². The van der Waals surface area contributed by atoms with E-state index < -0.39 is 32.5 Å². The molecular formula is C42H53BrO6S2. The van der Waals surface area contributed by atoms with E-state index in [1.165, 1.54) is 11.8 Å². The van der Waals surface area contributed by atoms with E-state index in [1.54, 1.807) is 13.8 Å². The molecule has 3 aromatic carbocycles. The lowest BCUT2D eigenvalue weighted by molar-refractivity contribution is -0.167. The highest BCUT2D eigenvalue weighted by Crippen LogP contribution is 2.50. The molecule has 0 spiro atoms. The number of halogens is 1. The van der Waals surface area contributed by atoms with E-state index in [0.29, 0.717) is 23.6 Å². The fraction of sp³-hybridized carbons (Fsp3) is 0.476. The van der Waals surface area contributed by atoms with Gasteiger partial charge in [0.2, 0.25) is 0 Å². The lowest BCUT2D eigenvalue weighted by atomic mass is 9.63. The minimum absolute atomic E-state index is 0.0952. The number of thiocarbonyl (C=S) groups is 1. The average molecular weight is 798 g/mol. The number of esters is 3. The highest BCUT2D eigenvalue weighted by molar-refractivity contribution is 9.10. The van der Waals surface area contributed by atoms with E-state index in [4.69, 9.17) is 26.4 Å². The van der Waals surface area contributed by atoms with Crippen molar-refractivity contribution in [3.63, 3.8) is 0 Å². The standard InChI is InChI=1S/C42H53BrO6S2/c1-8-9-25-47-38(46)42(7,29-39(2,3)33-23-17-12-18-24-33)30-41(6,37(45)49-27-26-48-36(44)40(4,5)43)28-34(31-19-13-10-14-20-31)51-35(50)32-21-15-11-16-22-32/h10-24,34H,8-9,25-30H2,1-7H3. The third kappa shape index (κ3) is 12.9. The first-order chi connectivity index (χ1) is 24.0. The summed E-state index contributed by atoms with van der Waals surface area (Å²) in [6.45, 7) is 13.6. The number of thioether (sulfide) groups is 1. The van der Waals surface area contributed by atoms with Gasteiger partial charge in [-0.05, 0) is 75.5 Å². The minimum atomic E-state index is -1.18. The SMILES string of the molecule is CCCCOC(=O)C(C)(CC(C)(CC(SC(=S)c1ccccc1)c1ccccc1)C(=O)OCCOC(=O)C(C)(C)Br)CC(C)(C)c1ccccc1. The van der Waals surface area contributed by atoms with Crippen molar-refractivity contribution in [1.82, 2.24) is 0 Å². The second-order valence-electron chi connectivity index (χ2n) is 14.8. The van der Waals surface area contributed by atoms with Crippen LogP contribution in [0.15, 0.2) is 91.0 Å². The van der Waals surface area contributed by atoms with Gasteiger partial charge in [-0.15, -0.1) is 11.8 Å². The van der Waals surface area contributed by atoms with Gasteiger partial charge < -0.3 is 14.2 Å². The van der Waals surface area contributed by atoms with E-state index in [-0.39, 0.29) is 30.9 Å². The van der Waals surface area contributed by atoms with E-state index >= 15 is 0 Å². The topological polar surface area (TPSA) is 78.9 Å². The third-order valence-corrected chi connectivity index (χ3v) is 11.0. The van der Waals surface area contributed by atoms with Crippen LogP contribution in [0.4, 0.5) is 0 Å². The monoisotopic (exact) mass is 796 g/mol. The molecule has 51 heavy (non-hydrogen) atoms. The van der Waals surface area contributed by atoms with Crippen molar-refractivity contribution in [3.05, 3.63) is 108 Å². The molecule has 276 valence electrons. The second-order valence-corrected chi connectivity index (χ2v) is 18.7. The number of rotatable bonds is 19. The molecule has 0 bridgehead atoms. The first-order valence-electron chi connectivity index (χ1n) is 17.6. The molecule has 0 saturated carbocycles. The fourth-order valence-electron chi connectivity index (χ4n) is 6.44. The Morgan fingerprint density at radius 1 is 0.686 bits per heavy atom. The number of benzene rings is 3. The highest BCUT2D eigenvalue weighted by atomic mass is 79.9. The van der Waals surface area contributed by atoms with Gasteiger partial charge in [0, 0.05) is 5.25 Å². The van der Waals surface area contributed by atoms with Crippen molar-refractivity contribution >= 4 is 62.0 Å². The Balaban J connectivity index is 2.05. The molecule has 0 aliphatic rings. The molecule has 3 unspecified atom stereocenters. The van der Waals surface area contributed by atoms with Crippen LogP contribution >= 0.6 is 39.9 Å². The Morgan fingerprint density at radius 3 is 1.73 bits per heavy atom. The molecule has 0 radical (unpaired) electrons. The van der Waals surface area contributed by atoms with E-state index in [1.807, 2.05) is 92.7 Å². The number of hydrogen-bond acceptors (Lipinski definition) is 8. The average Bonchev–Trinajstić information content (AvgIpc) is 3.10. The van der Waals surface area contributed by atoms with Crippen molar-refractivity contribution in [1.29, 1.82) is 0 Å². The molecule has 9 heteroatoms. The van der Waals surface area contributed by atoms with E-state index in [0.717, 1.165) is 29.5 Å². The predicted molar refractivity (Wildman–Crippen MR) is 215 cm³/mol. The van der Waals surface area contributed by atoms with Crippen LogP contribution in [0, 0.1) is 10.8 Å². The first kappa shape index (κ1) is 42.4. The zero-order chi connectivity index (χ0) is 37.7. The largest absolute Gasteiger partial charge is 0.465 e. The molecule has 6 nitrogen and oxygen atoms in total. The fourth-order valence-corrected chi connectivity index (χ4v) is 8.31. The Hall–Kier alpha value is -3.01. The summed E-state index contributed by atoms with van der Waals surface area (Å²) in [5.74, 6) is -1.27. The molecule has 0 saturated heterocycles. The lowest BCUT2D eigenvalue weighted by Crippen LogP contribution is -2.44. The number of carbonyl (C=O) groups is 3. The Kier molecular flexibility index (Phi) is 15.9. The van der Waals surface area contributed by atoms with Crippen LogP contribution < -0.4 is 0 Å². The van der Waals surface area contributed by atoms with Gasteiger partial charge in [0.05, 0.1) is 21.6 Å². The highest BCUT2D eigenvalue weighted by Gasteiger charge is 2.50. The zero-order valence-corrected chi connectivity index (χ0v) is 34.3. The Bertz CT molecular complexity index is 1580. The summed E-state index contributed by atoms with van der Waals surface area (Å²) in [5, 5.41) is -0.244. The van der Waals surface area contributed by atoms with Crippen LogP contribution in [0.25, 0.3) is 0 Å². The number of ether oxygens (including phenoxy) is 3. The maximum Gasteiger partial charge on any atom is 0.322 e. The summed E-state index contributed by atoms with van der Waals surface area (Å²) in [7, 11) is 0. The zero-order valence-electron chi connectivity index (χ0n) is 31.0. The van der Waals surface area contributed by atoms with Gasteiger partial charge in [-0.1, -0.05) is 146 Å². The van der Waals surface area contributed by atoms with Crippen LogP contribution in [0.1, 0.15) is 103 Å². The molecule has 0 heterocycles. The van der Waals surface area contributed by atoms with Gasteiger partial charge >= 0.3 is 17.9 Å². The number of carbonyl (C=O) groups excluding carboxylic acids is 3. The van der Waals surface area contributed by atoms with E-state index in [9.17, 15) is 14.4 Å². The number of alkyl halides is 1. The summed E-state index contributed by atoms with van der Waals surface area (Å²) in [6, 6.07) is 29.9. The quantitative estimate of drug-likeness (QED) is 0.0390. The maximum absolute atomic E-state index is 14.5. The normalized spacial score (nSPS) is 14.7. The smallest absolute Gasteiger partial charge is 0.322 e. The molecule has 3 rings (SSSR count). The van der Waals surface area contributed by atoms with Crippen LogP contribution in [0.3, 0.4) is 0 Å². The molecule has 0 aromatic heterocycles. The molecule has 3 atom stereocenters. The first-order valence-corrected chi connectivity index (χ1v) is 19.7. The minimum Gasteiger partial charge on any atom is -0.465 e. The molecule has 0 aliphatic heterocycles. The summed E-state index contributed by atoms with van der Waals surface area (Å²) < 4.78 is 17.1. The van der Waals surface area contributed by atoms with Crippen molar-refractivity contribution in [2.45, 2.75) is 95.6 Å². The van der Waals surface area contributed by atoms with Crippen LogP contribution in [-0.4, -0.2) is 46.2 Å². The van der Waals surface area contributed by atoms with Gasteiger partial charge in [0.1, 0.15) is 17.5 Å². The van der Waals surface area contributed by atoms with Crippen molar-refractivity contribution < 1.29 is 28.6 Å². The van der Waals surface area contributed by atoms with Gasteiger partial charge in [-0.2, -0.15) is 0 Å². The summed E-state index contributed by atoms with van der Waals surface area (Å²) >= 11 is 10.8. The van der Waals surface area contributed by atoms with E-state index in [2.05, 4.69) is 48.8 Å². The van der Waals surface area contributed by atoms with Crippen LogP contribution in [0.5, 0.6) is 0 Å². The van der Waals surface area contributed by atoms with Crippen LogP contribution in [-0.2, 0) is 34.0 Å². The Labute approximate surface area is 322 Å². The molecule has 0 amide bonds. The van der Waals surface area contributed by atoms with Gasteiger partial charge in [0.15, 0.2) is 0 Å². The predicted octanol–water partition coefficient (Wildman–Crippen LogP) is 10.6. The second kappa shape index (κ2) is 19.2. The molecule has 0 fully saturated rings. The van der Waals surface area contributed by atoms with Gasteiger partial charge in [0.25, 0.3) is 0 Å². The molecule has 3 aromatic rings. The maximum atomic E-state index is 14.5. The molecule has 0 aliphatic carbocycles. The van der Waals surface area contributed by atoms with Crippen molar-refractivity contribution in [3.8, 4) is 0 Å². The summed E-state index contributed by atoms with van der Waals surface area (Å²) in [4.78, 5) is 41.1. The summed E-state index contributed by atoms with van der Waals surface area (Å²) in [5.41, 5.74) is 0.342. The van der Waals surface area contributed by atoms with Crippen molar-refractivity contribution in [2.24, 2.45) is 10.8 Å². The van der Waals surface area contributed by atoms with Gasteiger partial charge in [-0.3, -0.25) is 14.4 Å².